The molecule has 1 aliphatic rings. The Morgan fingerprint density at radius 1 is 1.47 bits per heavy atom. The molecule has 1 fully saturated rings. The summed E-state index contributed by atoms with van der Waals surface area (Å²) in [4.78, 5) is 24.2. The van der Waals surface area contributed by atoms with E-state index in [4.69, 9.17) is 4.74 Å². The Morgan fingerprint density at radius 3 is 2.60 bits per heavy atom. The second-order valence-electron chi connectivity index (χ2n) is 3.33. The Bertz CT molecular complexity index is 240. The van der Waals surface area contributed by atoms with Crippen LogP contribution in [0.1, 0.15) is 6.92 Å². The number of rotatable bonds is 3. The van der Waals surface area contributed by atoms with Crippen molar-refractivity contribution in [1.29, 1.82) is 0 Å². The van der Waals surface area contributed by atoms with Crippen molar-refractivity contribution in [2.24, 2.45) is 0 Å². The van der Waals surface area contributed by atoms with Crippen LogP contribution in [0.15, 0.2) is 0 Å². The minimum Gasteiger partial charge on any atom is -0.378 e. The molecule has 0 aromatic rings. The SMILES string of the molecule is CC(Br)C(=O)NCC(=O)N1CCOCC1. The summed E-state index contributed by atoms with van der Waals surface area (Å²) in [6, 6.07) is 0. The molecule has 15 heavy (non-hydrogen) atoms. The zero-order chi connectivity index (χ0) is 11.3. The minimum atomic E-state index is -0.269. The maximum Gasteiger partial charge on any atom is 0.242 e. The van der Waals surface area contributed by atoms with Crippen molar-refractivity contribution in [3.05, 3.63) is 0 Å². The van der Waals surface area contributed by atoms with Crippen molar-refractivity contribution in [2.45, 2.75) is 11.8 Å². The molecule has 1 atom stereocenters. The standard InChI is InChI=1S/C9H15BrN2O3/c1-7(10)9(14)11-6-8(13)12-2-4-15-5-3-12/h7H,2-6H2,1H3,(H,11,14). The topological polar surface area (TPSA) is 58.6 Å². The number of alkyl halides is 1. The third kappa shape index (κ3) is 4.17. The van der Waals surface area contributed by atoms with Crippen molar-refractivity contribution in [3.8, 4) is 0 Å². The predicted molar refractivity (Wildman–Crippen MR) is 58.8 cm³/mol. The average Bonchev–Trinajstić information content (AvgIpc) is 2.26. The van der Waals surface area contributed by atoms with Gasteiger partial charge in [-0.1, -0.05) is 15.9 Å². The van der Waals surface area contributed by atoms with Gasteiger partial charge in [-0.3, -0.25) is 9.59 Å². The molecule has 5 nitrogen and oxygen atoms in total. The van der Waals surface area contributed by atoms with Crippen LogP contribution in [0.2, 0.25) is 0 Å². The van der Waals surface area contributed by atoms with E-state index < -0.39 is 0 Å². The fourth-order valence-corrected chi connectivity index (χ4v) is 1.39. The van der Waals surface area contributed by atoms with Crippen LogP contribution in [0.3, 0.4) is 0 Å². The van der Waals surface area contributed by atoms with E-state index in [1.165, 1.54) is 0 Å². The molecule has 0 radical (unpaired) electrons. The van der Waals surface area contributed by atoms with Crippen LogP contribution in [0.25, 0.3) is 0 Å². The van der Waals surface area contributed by atoms with Crippen LogP contribution >= 0.6 is 15.9 Å². The minimum absolute atomic E-state index is 0.0557. The van der Waals surface area contributed by atoms with Gasteiger partial charge in [0.1, 0.15) is 0 Å². The van der Waals surface area contributed by atoms with Crippen molar-refractivity contribution in [3.63, 3.8) is 0 Å². The van der Waals surface area contributed by atoms with Crippen LogP contribution in [-0.2, 0) is 14.3 Å². The number of morpholine rings is 1. The molecule has 0 aliphatic carbocycles. The van der Waals surface area contributed by atoms with Crippen molar-refractivity contribution in [2.75, 3.05) is 32.8 Å². The molecule has 86 valence electrons. The first-order chi connectivity index (χ1) is 7.11. The molecule has 0 spiro atoms. The molecule has 0 aromatic heterocycles. The molecule has 1 rings (SSSR count). The van der Waals surface area contributed by atoms with E-state index >= 15 is 0 Å². The second kappa shape index (κ2) is 6.07. The van der Waals surface area contributed by atoms with Gasteiger partial charge in [0, 0.05) is 13.1 Å². The highest BCUT2D eigenvalue weighted by Crippen LogP contribution is 1.98. The zero-order valence-electron chi connectivity index (χ0n) is 8.66. The van der Waals surface area contributed by atoms with Gasteiger partial charge in [0.05, 0.1) is 24.6 Å². The molecular formula is C9H15BrN2O3. The number of halogens is 1. The molecule has 1 unspecified atom stereocenters. The molecule has 0 aromatic carbocycles. The lowest BCUT2D eigenvalue weighted by Gasteiger charge is -2.26. The summed E-state index contributed by atoms with van der Waals surface area (Å²) in [6.07, 6.45) is 0. The first-order valence-corrected chi connectivity index (χ1v) is 5.80. The Hall–Kier alpha value is -0.620. The maximum atomic E-state index is 11.6. The summed E-state index contributed by atoms with van der Waals surface area (Å²) in [5, 5.41) is 2.56. The van der Waals surface area contributed by atoms with E-state index in [-0.39, 0.29) is 23.2 Å². The average molecular weight is 279 g/mol. The molecule has 0 saturated carbocycles. The summed E-state index contributed by atoms with van der Waals surface area (Å²) >= 11 is 3.13. The largest absolute Gasteiger partial charge is 0.378 e. The van der Waals surface area contributed by atoms with Crippen LogP contribution in [0, 0.1) is 0 Å². The lowest BCUT2D eigenvalue weighted by Crippen LogP contribution is -2.46. The van der Waals surface area contributed by atoms with E-state index in [2.05, 4.69) is 21.2 Å². The molecule has 1 N–H and O–H groups in total. The first kappa shape index (κ1) is 12.4. The summed E-state index contributed by atoms with van der Waals surface area (Å²) in [5.74, 6) is -0.226. The van der Waals surface area contributed by atoms with Gasteiger partial charge in [-0.2, -0.15) is 0 Å². The van der Waals surface area contributed by atoms with Crippen molar-refractivity contribution in [1.82, 2.24) is 10.2 Å². The Labute approximate surface area is 97.3 Å². The zero-order valence-corrected chi connectivity index (χ0v) is 10.2. The van der Waals surface area contributed by atoms with Crippen molar-refractivity contribution < 1.29 is 14.3 Å². The molecule has 1 heterocycles. The quantitative estimate of drug-likeness (QED) is 0.724. The van der Waals surface area contributed by atoms with E-state index in [1.807, 2.05) is 0 Å². The van der Waals surface area contributed by atoms with Gasteiger partial charge in [-0.25, -0.2) is 0 Å². The van der Waals surface area contributed by atoms with E-state index in [9.17, 15) is 9.59 Å². The van der Waals surface area contributed by atoms with Crippen LogP contribution in [-0.4, -0.2) is 54.4 Å². The molecular weight excluding hydrogens is 264 g/mol. The lowest BCUT2D eigenvalue weighted by atomic mass is 10.4. The molecule has 1 saturated heterocycles. The molecule has 0 bridgehead atoms. The number of nitrogens with one attached hydrogen (secondary N) is 1. The van der Waals surface area contributed by atoms with Crippen molar-refractivity contribution >= 4 is 27.7 Å². The fraction of sp³-hybridized carbons (Fsp3) is 0.778. The summed E-state index contributed by atoms with van der Waals surface area (Å²) in [7, 11) is 0. The van der Waals surface area contributed by atoms with Crippen LogP contribution in [0.4, 0.5) is 0 Å². The highest BCUT2D eigenvalue weighted by Gasteiger charge is 2.17. The van der Waals surface area contributed by atoms with Gasteiger partial charge in [0.15, 0.2) is 0 Å². The summed E-state index contributed by atoms with van der Waals surface area (Å²) < 4.78 is 5.12. The third-order valence-corrected chi connectivity index (χ3v) is 2.55. The number of hydrogen-bond acceptors (Lipinski definition) is 3. The van der Waals surface area contributed by atoms with Gasteiger partial charge in [0.25, 0.3) is 0 Å². The second-order valence-corrected chi connectivity index (χ2v) is 4.70. The maximum absolute atomic E-state index is 11.6. The number of ether oxygens (including phenoxy) is 1. The number of amides is 2. The van der Waals surface area contributed by atoms with E-state index in [0.717, 1.165) is 0 Å². The number of carbonyl (C=O) groups excluding carboxylic acids is 2. The molecule has 2 amide bonds. The van der Waals surface area contributed by atoms with E-state index in [1.54, 1.807) is 11.8 Å². The number of carbonyl (C=O) groups is 2. The van der Waals surface area contributed by atoms with Gasteiger partial charge in [0.2, 0.25) is 11.8 Å². The van der Waals surface area contributed by atoms with E-state index in [0.29, 0.717) is 26.3 Å². The van der Waals surface area contributed by atoms with Gasteiger partial charge < -0.3 is 15.0 Å². The van der Waals surface area contributed by atoms with Gasteiger partial charge in [-0.05, 0) is 6.92 Å². The van der Waals surface area contributed by atoms with Gasteiger partial charge >= 0.3 is 0 Å². The summed E-state index contributed by atoms with van der Waals surface area (Å²) in [6.45, 7) is 4.16. The fourth-order valence-electron chi connectivity index (χ4n) is 1.23. The third-order valence-electron chi connectivity index (χ3n) is 2.14. The Balaban J connectivity index is 2.26. The first-order valence-electron chi connectivity index (χ1n) is 4.88. The highest BCUT2D eigenvalue weighted by molar-refractivity contribution is 9.10. The molecule has 1 aliphatic heterocycles. The monoisotopic (exact) mass is 278 g/mol. The number of hydrogen-bond donors (Lipinski definition) is 1. The smallest absolute Gasteiger partial charge is 0.242 e. The normalized spacial score (nSPS) is 18.4. The van der Waals surface area contributed by atoms with Gasteiger partial charge in [-0.15, -0.1) is 0 Å². The molecule has 6 heteroatoms. The Kier molecular flexibility index (Phi) is 5.04. The lowest BCUT2D eigenvalue weighted by molar-refractivity contribution is -0.136. The van der Waals surface area contributed by atoms with Crippen LogP contribution in [0.5, 0.6) is 0 Å². The predicted octanol–water partition coefficient (Wildman–Crippen LogP) is -0.255. The number of nitrogens with zero attached hydrogens (tertiary/aromatic N) is 1. The summed E-state index contributed by atoms with van der Waals surface area (Å²) in [5.41, 5.74) is 0. The Morgan fingerprint density at radius 2 is 2.07 bits per heavy atom. The highest BCUT2D eigenvalue weighted by atomic mass is 79.9. The van der Waals surface area contributed by atoms with Crippen LogP contribution < -0.4 is 5.32 Å².